The van der Waals surface area contributed by atoms with Crippen LogP contribution in [0.25, 0.3) is 0 Å². The monoisotopic (exact) mass is 240 g/mol. The fourth-order valence-corrected chi connectivity index (χ4v) is 2.07. The highest BCUT2D eigenvalue weighted by atomic mass is 32.1. The molecule has 16 heavy (non-hydrogen) atoms. The van der Waals surface area contributed by atoms with Crippen molar-refractivity contribution in [2.24, 2.45) is 5.73 Å². The van der Waals surface area contributed by atoms with Gasteiger partial charge in [-0.05, 0) is 11.4 Å². The highest BCUT2D eigenvalue weighted by Gasteiger charge is 2.21. The Bertz CT molecular complexity index is 338. The van der Waals surface area contributed by atoms with E-state index in [2.05, 4.69) is 6.58 Å². The van der Waals surface area contributed by atoms with Crippen molar-refractivity contribution in [3.63, 3.8) is 0 Å². The van der Waals surface area contributed by atoms with Gasteiger partial charge in [-0.25, -0.2) is 0 Å². The molecule has 1 heterocycles. The summed E-state index contributed by atoms with van der Waals surface area (Å²) in [6.45, 7) is 4.18. The van der Waals surface area contributed by atoms with Crippen molar-refractivity contribution in [1.29, 1.82) is 0 Å². The van der Waals surface area contributed by atoms with Crippen LogP contribution in [0.3, 0.4) is 0 Å². The first-order valence-corrected chi connectivity index (χ1v) is 5.88. The molecule has 88 valence electrons. The molecule has 1 atom stereocenters. The standard InChI is InChI=1S/C11H16N2O2S/c1-2-5-13(6-7-14)11(15)10(12)9-4-3-8-16-9/h2-4,8,10,14H,1,5-7,12H2. The van der Waals surface area contributed by atoms with Crippen LogP contribution in [0, 0.1) is 0 Å². The van der Waals surface area contributed by atoms with E-state index in [1.807, 2.05) is 17.5 Å². The van der Waals surface area contributed by atoms with Gasteiger partial charge in [0.05, 0.1) is 6.61 Å². The molecule has 0 spiro atoms. The Hall–Kier alpha value is -1.17. The summed E-state index contributed by atoms with van der Waals surface area (Å²) in [6.07, 6.45) is 1.62. The quantitative estimate of drug-likeness (QED) is 0.721. The number of carbonyl (C=O) groups is 1. The fourth-order valence-electron chi connectivity index (χ4n) is 1.35. The van der Waals surface area contributed by atoms with Crippen LogP contribution >= 0.6 is 11.3 Å². The van der Waals surface area contributed by atoms with Crippen LogP contribution in [0.1, 0.15) is 10.9 Å². The molecule has 0 aliphatic rings. The van der Waals surface area contributed by atoms with Gasteiger partial charge in [0, 0.05) is 18.0 Å². The molecule has 0 saturated heterocycles. The third kappa shape index (κ3) is 3.16. The Morgan fingerprint density at radius 1 is 1.75 bits per heavy atom. The zero-order chi connectivity index (χ0) is 12.0. The zero-order valence-corrected chi connectivity index (χ0v) is 9.82. The summed E-state index contributed by atoms with van der Waals surface area (Å²) in [5.41, 5.74) is 5.85. The number of hydrogen-bond acceptors (Lipinski definition) is 4. The first kappa shape index (κ1) is 12.9. The van der Waals surface area contributed by atoms with Crippen molar-refractivity contribution in [2.45, 2.75) is 6.04 Å². The molecule has 1 unspecified atom stereocenters. The average molecular weight is 240 g/mol. The predicted octanol–water partition coefficient (Wildman–Crippen LogP) is 0.755. The van der Waals surface area contributed by atoms with E-state index in [1.165, 1.54) is 16.2 Å². The van der Waals surface area contributed by atoms with E-state index in [0.717, 1.165) is 4.88 Å². The Labute approximate surface area is 99.0 Å². The summed E-state index contributed by atoms with van der Waals surface area (Å²) in [7, 11) is 0. The molecular formula is C11H16N2O2S. The van der Waals surface area contributed by atoms with Gasteiger partial charge in [-0.2, -0.15) is 0 Å². The molecule has 1 amide bonds. The molecule has 0 fully saturated rings. The summed E-state index contributed by atoms with van der Waals surface area (Å²) in [6, 6.07) is 3.04. The zero-order valence-electron chi connectivity index (χ0n) is 9.00. The third-order valence-electron chi connectivity index (χ3n) is 2.15. The third-order valence-corrected chi connectivity index (χ3v) is 3.10. The van der Waals surface area contributed by atoms with E-state index in [0.29, 0.717) is 6.54 Å². The number of nitrogens with zero attached hydrogens (tertiary/aromatic N) is 1. The van der Waals surface area contributed by atoms with Crippen molar-refractivity contribution in [1.82, 2.24) is 4.90 Å². The maximum Gasteiger partial charge on any atom is 0.245 e. The number of carbonyl (C=O) groups excluding carboxylic acids is 1. The summed E-state index contributed by atoms with van der Waals surface area (Å²) < 4.78 is 0. The average Bonchev–Trinajstić information content (AvgIpc) is 2.80. The second-order valence-corrected chi connectivity index (χ2v) is 4.27. The molecule has 0 aliphatic heterocycles. The number of aliphatic hydroxyl groups is 1. The molecule has 0 radical (unpaired) electrons. The number of rotatable bonds is 6. The predicted molar refractivity (Wildman–Crippen MR) is 65.1 cm³/mol. The molecular weight excluding hydrogens is 224 g/mol. The number of nitrogens with two attached hydrogens (primary N) is 1. The van der Waals surface area contributed by atoms with E-state index < -0.39 is 6.04 Å². The highest BCUT2D eigenvalue weighted by molar-refractivity contribution is 7.10. The van der Waals surface area contributed by atoms with Crippen molar-refractivity contribution in [3.8, 4) is 0 Å². The minimum Gasteiger partial charge on any atom is -0.395 e. The lowest BCUT2D eigenvalue weighted by Gasteiger charge is -2.23. The first-order chi connectivity index (χ1) is 7.70. The second-order valence-electron chi connectivity index (χ2n) is 3.29. The van der Waals surface area contributed by atoms with Gasteiger partial charge in [0.15, 0.2) is 0 Å². The maximum atomic E-state index is 12.0. The van der Waals surface area contributed by atoms with E-state index in [4.69, 9.17) is 10.8 Å². The summed E-state index contributed by atoms with van der Waals surface area (Å²) in [4.78, 5) is 14.3. The maximum absolute atomic E-state index is 12.0. The number of amides is 1. The van der Waals surface area contributed by atoms with Crippen LogP contribution < -0.4 is 5.73 Å². The normalized spacial score (nSPS) is 12.1. The van der Waals surface area contributed by atoms with Gasteiger partial charge in [-0.3, -0.25) is 4.79 Å². The minimum absolute atomic E-state index is 0.0727. The van der Waals surface area contributed by atoms with Crippen molar-refractivity contribution < 1.29 is 9.90 Å². The Balaban J connectivity index is 2.70. The molecule has 0 bridgehead atoms. The van der Waals surface area contributed by atoms with E-state index in [-0.39, 0.29) is 19.1 Å². The van der Waals surface area contributed by atoms with Crippen LogP contribution in [-0.2, 0) is 4.79 Å². The number of aliphatic hydroxyl groups excluding tert-OH is 1. The lowest BCUT2D eigenvalue weighted by atomic mass is 10.2. The lowest BCUT2D eigenvalue weighted by Crippen LogP contribution is -2.40. The van der Waals surface area contributed by atoms with Gasteiger partial charge in [-0.1, -0.05) is 12.1 Å². The van der Waals surface area contributed by atoms with Gasteiger partial charge in [0.1, 0.15) is 6.04 Å². The largest absolute Gasteiger partial charge is 0.395 e. The SMILES string of the molecule is C=CCN(CCO)C(=O)C(N)c1cccs1. The molecule has 0 aliphatic carbocycles. The van der Waals surface area contributed by atoms with Gasteiger partial charge < -0.3 is 15.7 Å². The van der Waals surface area contributed by atoms with Crippen molar-refractivity contribution in [3.05, 3.63) is 35.0 Å². The Morgan fingerprint density at radius 3 is 3.00 bits per heavy atom. The number of thiophene rings is 1. The second kappa shape index (κ2) is 6.42. The molecule has 5 heteroatoms. The molecule has 4 nitrogen and oxygen atoms in total. The smallest absolute Gasteiger partial charge is 0.245 e. The Morgan fingerprint density at radius 2 is 2.50 bits per heavy atom. The van der Waals surface area contributed by atoms with Crippen LogP contribution in [-0.4, -0.2) is 35.6 Å². The van der Waals surface area contributed by atoms with Crippen LogP contribution in [0.2, 0.25) is 0 Å². The summed E-state index contributed by atoms with van der Waals surface area (Å²) >= 11 is 1.45. The fraction of sp³-hybridized carbons (Fsp3) is 0.364. The molecule has 0 saturated carbocycles. The molecule has 1 aromatic heterocycles. The first-order valence-electron chi connectivity index (χ1n) is 5.00. The minimum atomic E-state index is -0.647. The molecule has 1 aromatic rings. The van der Waals surface area contributed by atoms with Crippen LogP contribution in [0.15, 0.2) is 30.2 Å². The van der Waals surface area contributed by atoms with Gasteiger partial charge >= 0.3 is 0 Å². The summed E-state index contributed by atoms with van der Waals surface area (Å²) in [5, 5.41) is 10.7. The molecule has 1 rings (SSSR count). The van der Waals surface area contributed by atoms with Crippen LogP contribution in [0.5, 0.6) is 0 Å². The lowest BCUT2D eigenvalue weighted by molar-refractivity contribution is -0.132. The molecule has 0 aromatic carbocycles. The van der Waals surface area contributed by atoms with E-state index in [1.54, 1.807) is 6.08 Å². The van der Waals surface area contributed by atoms with Crippen LogP contribution in [0.4, 0.5) is 0 Å². The van der Waals surface area contributed by atoms with Crippen molar-refractivity contribution >= 4 is 17.2 Å². The van der Waals surface area contributed by atoms with E-state index >= 15 is 0 Å². The molecule has 3 N–H and O–H groups in total. The van der Waals surface area contributed by atoms with Gasteiger partial charge in [0.25, 0.3) is 0 Å². The van der Waals surface area contributed by atoms with Crippen molar-refractivity contribution in [2.75, 3.05) is 19.7 Å². The summed E-state index contributed by atoms with van der Waals surface area (Å²) in [5.74, 6) is -0.184. The number of hydrogen-bond donors (Lipinski definition) is 2. The van der Waals surface area contributed by atoms with Gasteiger partial charge in [-0.15, -0.1) is 17.9 Å². The Kier molecular flexibility index (Phi) is 5.18. The van der Waals surface area contributed by atoms with Gasteiger partial charge in [0.2, 0.25) is 5.91 Å². The van der Waals surface area contributed by atoms with E-state index in [9.17, 15) is 4.79 Å². The topological polar surface area (TPSA) is 66.6 Å². The highest BCUT2D eigenvalue weighted by Crippen LogP contribution is 2.18.